The maximum absolute atomic E-state index is 11.2. The Kier molecular flexibility index (Phi) is 7.37. The van der Waals surface area contributed by atoms with Gasteiger partial charge in [0.2, 0.25) is 5.91 Å². The van der Waals surface area contributed by atoms with Gasteiger partial charge in [0.1, 0.15) is 6.61 Å². The normalized spacial score (nSPS) is 12.9. The Morgan fingerprint density at radius 1 is 1.50 bits per heavy atom. The smallest absolute Gasteiger partial charge is 0.246 e. The molecule has 0 bridgehead atoms. The lowest BCUT2D eigenvalue weighted by Gasteiger charge is -2.16. The predicted octanol–water partition coefficient (Wildman–Crippen LogP) is -0.499. The summed E-state index contributed by atoms with van der Waals surface area (Å²) in [4.78, 5) is 11.2. The fraction of sp³-hybridized carbons (Fsp3) is 0.889. The van der Waals surface area contributed by atoms with Gasteiger partial charge in [0.05, 0.1) is 18.8 Å². The van der Waals surface area contributed by atoms with Crippen molar-refractivity contribution in [2.24, 2.45) is 5.73 Å². The number of rotatable bonds is 7. The number of nitrogens with two attached hydrogens (primary N) is 1. The fourth-order valence-corrected chi connectivity index (χ4v) is 0.882. The van der Waals surface area contributed by atoms with Crippen LogP contribution in [0.15, 0.2) is 0 Å². The van der Waals surface area contributed by atoms with Crippen molar-refractivity contribution < 1.29 is 14.3 Å². The van der Waals surface area contributed by atoms with Gasteiger partial charge < -0.3 is 20.5 Å². The van der Waals surface area contributed by atoms with E-state index >= 15 is 0 Å². The molecule has 84 valence electrons. The third-order valence-electron chi connectivity index (χ3n) is 1.57. The van der Waals surface area contributed by atoms with Crippen molar-refractivity contribution in [1.29, 1.82) is 0 Å². The van der Waals surface area contributed by atoms with E-state index in [2.05, 4.69) is 5.32 Å². The molecule has 0 radical (unpaired) electrons. The Labute approximate surface area is 84.9 Å². The quantitative estimate of drug-likeness (QED) is 0.586. The molecule has 0 spiro atoms. The van der Waals surface area contributed by atoms with E-state index < -0.39 is 0 Å². The van der Waals surface area contributed by atoms with Crippen molar-refractivity contribution in [3.8, 4) is 0 Å². The maximum atomic E-state index is 11.2. The molecule has 14 heavy (non-hydrogen) atoms. The van der Waals surface area contributed by atoms with Crippen LogP contribution in [0.3, 0.4) is 0 Å². The van der Waals surface area contributed by atoms with Crippen molar-refractivity contribution in [3.05, 3.63) is 0 Å². The molecule has 0 aromatic heterocycles. The molecule has 1 atom stereocenters. The van der Waals surface area contributed by atoms with E-state index in [0.717, 1.165) is 0 Å². The predicted molar refractivity (Wildman–Crippen MR) is 53.9 cm³/mol. The van der Waals surface area contributed by atoms with Crippen molar-refractivity contribution in [2.75, 3.05) is 26.9 Å². The summed E-state index contributed by atoms with van der Waals surface area (Å²) in [6, 6.07) is -0.136. The van der Waals surface area contributed by atoms with Gasteiger partial charge in [0.15, 0.2) is 0 Å². The SMILES string of the molecule is COCC(CN)NC(=O)COC(C)C. The third kappa shape index (κ3) is 6.82. The highest BCUT2D eigenvalue weighted by Crippen LogP contribution is 1.88. The van der Waals surface area contributed by atoms with Crippen LogP contribution in [-0.4, -0.2) is 44.9 Å². The topological polar surface area (TPSA) is 73.6 Å². The zero-order valence-corrected chi connectivity index (χ0v) is 9.08. The molecule has 0 aliphatic carbocycles. The average Bonchev–Trinajstić information content (AvgIpc) is 2.14. The van der Waals surface area contributed by atoms with Gasteiger partial charge in [-0.2, -0.15) is 0 Å². The lowest BCUT2D eigenvalue weighted by Crippen LogP contribution is -2.44. The molecule has 5 nitrogen and oxygen atoms in total. The Morgan fingerprint density at radius 3 is 2.57 bits per heavy atom. The summed E-state index contributed by atoms with van der Waals surface area (Å²) >= 11 is 0. The number of carbonyl (C=O) groups is 1. The van der Waals surface area contributed by atoms with E-state index in [4.69, 9.17) is 15.2 Å². The van der Waals surface area contributed by atoms with Gasteiger partial charge >= 0.3 is 0 Å². The number of amides is 1. The molecule has 1 amide bonds. The van der Waals surface area contributed by atoms with E-state index in [1.165, 1.54) is 0 Å². The van der Waals surface area contributed by atoms with E-state index in [1.54, 1.807) is 7.11 Å². The first-order valence-corrected chi connectivity index (χ1v) is 4.70. The second-order valence-corrected chi connectivity index (χ2v) is 3.32. The van der Waals surface area contributed by atoms with Crippen LogP contribution in [0, 0.1) is 0 Å². The van der Waals surface area contributed by atoms with Crippen LogP contribution in [0.2, 0.25) is 0 Å². The summed E-state index contributed by atoms with van der Waals surface area (Å²) in [5, 5.41) is 2.71. The molecule has 0 aromatic carbocycles. The van der Waals surface area contributed by atoms with Gasteiger partial charge in [-0.3, -0.25) is 4.79 Å². The van der Waals surface area contributed by atoms with Crippen LogP contribution >= 0.6 is 0 Å². The number of ether oxygens (including phenoxy) is 2. The lowest BCUT2D eigenvalue weighted by molar-refractivity contribution is -0.128. The van der Waals surface area contributed by atoms with Gasteiger partial charge in [0.25, 0.3) is 0 Å². The Morgan fingerprint density at radius 2 is 2.14 bits per heavy atom. The first-order valence-electron chi connectivity index (χ1n) is 4.70. The lowest BCUT2D eigenvalue weighted by atomic mass is 10.3. The average molecular weight is 204 g/mol. The van der Waals surface area contributed by atoms with Crippen molar-refractivity contribution in [2.45, 2.75) is 26.0 Å². The summed E-state index contributed by atoms with van der Waals surface area (Å²) in [7, 11) is 1.57. The molecule has 0 saturated heterocycles. The number of carbonyl (C=O) groups excluding carboxylic acids is 1. The summed E-state index contributed by atoms with van der Waals surface area (Å²) in [6.45, 7) is 4.61. The van der Waals surface area contributed by atoms with Crippen LogP contribution in [0.5, 0.6) is 0 Å². The van der Waals surface area contributed by atoms with Crippen LogP contribution in [0.1, 0.15) is 13.8 Å². The standard InChI is InChI=1S/C9H20N2O3/c1-7(2)14-6-9(12)11-8(4-10)5-13-3/h7-8H,4-6,10H2,1-3H3,(H,11,12). The minimum Gasteiger partial charge on any atom is -0.383 e. The highest BCUT2D eigenvalue weighted by atomic mass is 16.5. The molecule has 3 N–H and O–H groups in total. The Hall–Kier alpha value is -0.650. The molecule has 0 rings (SSSR count). The molecule has 0 aliphatic rings. The monoisotopic (exact) mass is 204 g/mol. The summed E-state index contributed by atoms with van der Waals surface area (Å²) in [5.41, 5.74) is 5.43. The van der Waals surface area contributed by atoms with Crippen molar-refractivity contribution >= 4 is 5.91 Å². The largest absolute Gasteiger partial charge is 0.383 e. The van der Waals surface area contributed by atoms with Crippen LogP contribution in [0.4, 0.5) is 0 Å². The number of methoxy groups -OCH3 is 1. The fourth-order valence-electron chi connectivity index (χ4n) is 0.882. The second kappa shape index (κ2) is 7.73. The first kappa shape index (κ1) is 13.4. The molecule has 0 aromatic rings. The van der Waals surface area contributed by atoms with Gasteiger partial charge in [-0.15, -0.1) is 0 Å². The molecular weight excluding hydrogens is 184 g/mol. The summed E-state index contributed by atoms with van der Waals surface area (Å²) < 4.78 is 10.0. The number of hydrogen-bond donors (Lipinski definition) is 2. The Balaban J connectivity index is 3.67. The molecule has 1 unspecified atom stereocenters. The van der Waals surface area contributed by atoms with Crippen LogP contribution < -0.4 is 11.1 Å². The summed E-state index contributed by atoms with van der Waals surface area (Å²) in [6.07, 6.45) is 0.0551. The van der Waals surface area contributed by atoms with Crippen LogP contribution in [0.25, 0.3) is 0 Å². The van der Waals surface area contributed by atoms with E-state index in [1.807, 2.05) is 13.8 Å². The van der Waals surface area contributed by atoms with Gasteiger partial charge in [-0.05, 0) is 13.8 Å². The van der Waals surface area contributed by atoms with E-state index in [-0.39, 0.29) is 24.7 Å². The molecule has 0 aliphatic heterocycles. The maximum Gasteiger partial charge on any atom is 0.246 e. The van der Waals surface area contributed by atoms with Gasteiger partial charge in [-0.25, -0.2) is 0 Å². The minimum atomic E-state index is -0.161. The number of hydrogen-bond acceptors (Lipinski definition) is 4. The molecule has 5 heteroatoms. The van der Waals surface area contributed by atoms with E-state index in [9.17, 15) is 4.79 Å². The van der Waals surface area contributed by atoms with Crippen molar-refractivity contribution in [3.63, 3.8) is 0 Å². The zero-order valence-electron chi connectivity index (χ0n) is 9.08. The number of nitrogens with one attached hydrogen (secondary N) is 1. The third-order valence-corrected chi connectivity index (χ3v) is 1.57. The highest BCUT2D eigenvalue weighted by molar-refractivity contribution is 5.77. The van der Waals surface area contributed by atoms with Gasteiger partial charge in [0, 0.05) is 13.7 Å². The minimum absolute atomic E-state index is 0.0551. The van der Waals surface area contributed by atoms with E-state index in [0.29, 0.717) is 13.2 Å². The van der Waals surface area contributed by atoms with Crippen molar-refractivity contribution in [1.82, 2.24) is 5.32 Å². The first-order chi connectivity index (χ1) is 6.60. The second-order valence-electron chi connectivity index (χ2n) is 3.32. The summed E-state index contributed by atoms with van der Waals surface area (Å²) in [5.74, 6) is -0.161. The molecular formula is C9H20N2O3. The highest BCUT2D eigenvalue weighted by Gasteiger charge is 2.10. The van der Waals surface area contributed by atoms with Gasteiger partial charge in [-0.1, -0.05) is 0 Å². The molecule has 0 fully saturated rings. The van der Waals surface area contributed by atoms with Crippen LogP contribution in [-0.2, 0) is 14.3 Å². The molecule has 0 heterocycles. The zero-order chi connectivity index (χ0) is 11.0. The molecule has 0 saturated carbocycles. The Bertz CT molecular complexity index is 162.